The number of allylic oxidation sites excluding steroid dienone is 1. The molecule has 4 nitrogen and oxygen atoms in total. The van der Waals surface area contributed by atoms with Gasteiger partial charge in [-0.15, -0.1) is 0 Å². The average molecular weight is 340 g/mol. The summed E-state index contributed by atoms with van der Waals surface area (Å²) in [4.78, 5) is 27.9. The molecule has 1 atom stereocenters. The van der Waals surface area contributed by atoms with E-state index in [-0.39, 0.29) is 11.7 Å². The van der Waals surface area contributed by atoms with Gasteiger partial charge in [0, 0.05) is 12.6 Å². The van der Waals surface area contributed by atoms with Crippen molar-refractivity contribution in [2.75, 3.05) is 7.05 Å². The van der Waals surface area contributed by atoms with Crippen molar-refractivity contribution >= 4 is 23.0 Å². The molecular weight excluding hydrogens is 324 g/mol. The molecule has 4 heteroatoms. The summed E-state index contributed by atoms with van der Waals surface area (Å²) in [5.41, 5.74) is 1.93. The Hall–Kier alpha value is -3.45. The Kier molecular flexibility index (Phi) is 3.41. The molecule has 4 rings (SSSR count). The number of likely N-dealkylation sites (N-methyl/N-ethyl adjacent to an activating group) is 1. The fraction of sp³-hybridized carbons (Fsp3) is 0.136. The molecular formula is C22H16N2O2. The maximum atomic E-state index is 13.3. The highest BCUT2D eigenvalue weighted by Crippen LogP contribution is 2.53. The molecule has 2 aromatic rings. The molecule has 2 aliphatic rings. The fourth-order valence-corrected chi connectivity index (χ4v) is 3.81. The Balaban J connectivity index is 2.09. The van der Waals surface area contributed by atoms with Crippen LogP contribution in [0.1, 0.15) is 18.1 Å². The Labute approximate surface area is 151 Å². The number of ketones is 1. The van der Waals surface area contributed by atoms with Crippen molar-refractivity contribution in [2.24, 2.45) is 5.41 Å². The van der Waals surface area contributed by atoms with Crippen LogP contribution >= 0.6 is 0 Å². The number of carbonyl (C=O) groups excluding carboxylic acids is 2. The quantitative estimate of drug-likeness (QED) is 0.841. The number of benzene rings is 2. The van der Waals surface area contributed by atoms with Crippen molar-refractivity contribution in [2.45, 2.75) is 6.92 Å². The van der Waals surface area contributed by atoms with Gasteiger partial charge in [0.1, 0.15) is 5.41 Å². The van der Waals surface area contributed by atoms with Gasteiger partial charge >= 0.3 is 0 Å². The normalized spacial score (nSPS) is 22.1. The van der Waals surface area contributed by atoms with Gasteiger partial charge in [-0.2, -0.15) is 5.26 Å². The molecule has 0 fully saturated rings. The summed E-state index contributed by atoms with van der Waals surface area (Å²) in [5, 5.41) is 9.84. The maximum absolute atomic E-state index is 13.3. The topological polar surface area (TPSA) is 61.2 Å². The number of rotatable bonds is 2. The van der Waals surface area contributed by atoms with E-state index in [2.05, 4.69) is 6.07 Å². The molecule has 0 spiro atoms. The second-order valence-electron chi connectivity index (χ2n) is 6.64. The second kappa shape index (κ2) is 5.53. The molecule has 0 saturated carbocycles. The predicted molar refractivity (Wildman–Crippen MR) is 98.2 cm³/mol. The van der Waals surface area contributed by atoms with E-state index in [1.807, 2.05) is 60.7 Å². The van der Waals surface area contributed by atoms with E-state index in [4.69, 9.17) is 0 Å². The van der Waals surface area contributed by atoms with Crippen LogP contribution in [0.3, 0.4) is 0 Å². The van der Waals surface area contributed by atoms with Gasteiger partial charge in [-0.1, -0.05) is 60.7 Å². The number of Topliss-reactive ketones (excluding diaryl/α,β-unsaturated/α-hetero) is 1. The molecule has 1 aliphatic carbocycles. The van der Waals surface area contributed by atoms with Crippen LogP contribution in [0.2, 0.25) is 0 Å². The second-order valence-corrected chi connectivity index (χ2v) is 6.64. The van der Waals surface area contributed by atoms with E-state index in [9.17, 15) is 14.9 Å². The van der Waals surface area contributed by atoms with E-state index in [1.165, 1.54) is 4.90 Å². The maximum Gasteiger partial charge on any atom is 0.259 e. The van der Waals surface area contributed by atoms with Gasteiger partial charge in [-0.3, -0.25) is 9.59 Å². The summed E-state index contributed by atoms with van der Waals surface area (Å²) >= 11 is 0. The Bertz CT molecular complexity index is 1040. The molecule has 26 heavy (non-hydrogen) atoms. The van der Waals surface area contributed by atoms with Crippen molar-refractivity contribution in [1.29, 1.82) is 5.26 Å². The minimum Gasteiger partial charge on any atom is -0.310 e. The summed E-state index contributed by atoms with van der Waals surface area (Å²) in [6.07, 6.45) is 0. The third kappa shape index (κ3) is 1.94. The molecule has 0 radical (unpaired) electrons. The summed E-state index contributed by atoms with van der Waals surface area (Å²) in [6, 6.07) is 20.7. The van der Waals surface area contributed by atoms with Gasteiger partial charge in [-0.25, -0.2) is 0 Å². The van der Waals surface area contributed by atoms with Crippen molar-refractivity contribution in [1.82, 2.24) is 4.90 Å². The van der Waals surface area contributed by atoms with E-state index >= 15 is 0 Å². The molecule has 0 N–H and O–H groups in total. The molecule has 1 aliphatic heterocycles. The summed E-state index contributed by atoms with van der Waals surface area (Å²) < 4.78 is 0. The van der Waals surface area contributed by atoms with Gasteiger partial charge in [0.2, 0.25) is 0 Å². The number of fused-ring (bicyclic) bond motifs is 1. The van der Waals surface area contributed by atoms with Crippen LogP contribution in [0.25, 0.3) is 11.3 Å². The first-order valence-electron chi connectivity index (χ1n) is 8.35. The largest absolute Gasteiger partial charge is 0.310 e. The van der Waals surface area contributed by atoms with Crippen molar-refractivity contribution < 1.29 is 9.59 Å². The molecule has 126 valence electrons. The minimum atomic E-state index is -1.37. The smallest absolute Gasteiger partial charge is 0.259 e. The average Bonchev–Trinajstić information content (AvgIpc) is 3.06. The zero-order valence-corrected chi connectivity index (χ0v) is 14.5. The van der Waals surface area contributed by atoms with Crippen LogP contribution in [-0.2, 0) is 9.59 Å². The molecule has 0 saturated heterocycles. The van der Waals surface area contributed by atoms with E-state index in [0.29, 0.717) is 22.4 Å². The van der Waals surface area contributed by atoms with E-state index in [1.54, 1.807) is 14.0 Å². The molecule has 1 amide bonds. The van der Waals surface area contributed by atoms with Crippen LogP contribution in [0.15, 0.2) is 71.8 Å². The van der Waals surface area contributed by atoms with Gasteiger partial charge in [-0.05, 0) is 18.1 Å². The summed E-state index contributed by atoms with van der Waals surface area (Å²) in [6.45, 7) is 1.60. The lowest BCUT2D eigenvalue weighted by molar-refractivity contribution is -0.122. The highest BCUT2D eigenvalue weighted by atomic mass is 16.2. The first-order chi connectivity index (χ1) is 12.5. The third-order valence-electron chi connectivity index (χ3n) is 5.11. The lowest BCUT2D eigenvalue weighted by Gasteiger charge is -2.21. The Morgan fingerprint density at radius 3 is 1.96 bits per heavy atom. The van der Waals surface area contributed by atoms with Gasteiger partial charge < -0.3 is 4.90 Å². The van der Waals surface area contributed by atoms with Gasteiger partial charge in [0.05, 0.1) is 22.9 Å². The molecule has 1 heterocycles. The summed E-state index contributed by atoms with van der Waals surface area (Å²) in [7, 11) is 1.67. The fourth-order valence-electron chi connectivity index (χ4n) is 3.81. The monoisotopic (exact) mass is 340 g/mol. The highest BCUT2D eigenvalue weighted by Gasteiger charge is 2.55. The van der Waals surface area contributed by atoms with Crippen LogP contribution in [0, 0.1) is 16.7 Å². The number of carbonyl (C=O) groups is 2. The first kappa shape index (κ1) is 16.0. The Morgan fingerprint density at radius 1 is 0.885 bits per heavy atom. The van der Waals surface area contributed by atoms with Crippen LogP contribution in [0.4, 0.5) is 0 Å². The van der Waals surface area contributed by atoms with E-state index < -0.39 is 5.41 Å². The van der Waals surface area contributed by atoms with Gasteiger partial charge in [0.25, 0.3) is 5.91 Å². The zero-order chi connectivity index (χ0) is 18.5. The predicted octanol–water partition coefficient (Wildman–Crippen LogP) is 3.44. The third-order valence-corrected chi connectivity index (χ3v) is 5.11. The Morgan fingerprint density at radius 2 is 1.42 bits per heavy atom. The number of hydrogen-bond acceptors (Lipinski definition) is 3. The summed E-state index contributed by atoms with van der Waals surface area (Å²) in [5.74, 6) is -0.560. The molecule has 1 unspecified atom stereocenters. The van der Waals surface area contributed by atoms with Crippen LogP contribution in [0.5, 0.6) is 0 Å². The van der Waals surface area contributed by atoms with Crippen molar-refractivity contribution in [3.63, 3.8) is 0 Å². The van der Waals surface area contributed by atoms with Gasteiger partial charge in [0.15, 0.2) is 5.78 Å². The lowest BCUT2D eigenvalue weighted by Crippen LogP contribution is -2.26. The van der Waals surface area contributed by atoms with Crippen LogP contribution < -0.4 is 0 Å². The standard InChI is InChI=1S/C22H16N2O2/c1-22(13-23)18(14-9-5-3-6-10-14)16-17(20(22)25)19(24(2)21(16)26)15-11-7-4-8-12-15/h3-12H,1-2H3. The lowest BCUT2D eigenvalue weighted by atomic mass is 9.79. The highest BCUT2D eigenvalue weighted by molar-refractivity contribution is 6.34. The van der Waals surface area contributed by atoms with Crippen LogP contribution in [-0.4, -0.2) is 23.6 Å². The zero-order valence-electron chi connectivity index (χ0n) is 14.5. The minimum absolute atomic E-state index is 0.245. The number of amides is 1. The molecule has 0 aromatic heterocycles. The molecule has 0 bridgehead atoms. The van der Waals surface area contributed by atoms with Crippen molar-refractivity contribution in [3.8, 4) is 6.07 Å². The SMILES string of the molecule is CN1C(=O)C2=C(c3ccccc3)C(C)(C#N)C(=O)C2=C1c1ccccc1. The first-order valence-corrected chi connectivity index (χ1v) is 8.35. The molecule has 2 aromatic carbocycles. The number of hydrogen-bond donors (Lipinski definition) is 0. The number of nitriles is 1. The van der Waals surface area contributed by atoms with Crippen molar-refractivity contribution in [3.05, 3.63) is 82.9 Å². The number of nitrogens with zero attached hydrogens (tertiary/aromatic N) is 2. The van der Waals surface area contributed by atoms with E-state index in [0.717, 1.165) is 11.1 Å².